The van der Waals surface area contributed by atoms with Gasteiger partial charge in [-0.3, -0.25) is 0 Å². The quantitative estimate of drug-likeness (QED) is 0.792. The third-order valence-corrected chi connectivity index (χ3v) is 3.64. The first-order valence-electron chi connectivity index (χ1n) is 5.69. The largest absolute Gasteiger partial charge is 0.507 e. The summed E-state index contributed by atoms with van der Waals surface area (Å²) in [7, 11) is 1.60. The van der Waals surface area contributed by atoms with Crippen LogP contribution in [0.1, 0.15) is 11.4 Å². The number of benzene rings is 1. The van der Waals surface area contributed by atoms with Crippen LogP contribution in [0.5, 0.6) is 5.75 Å². The van der Waals surface area contributed by atoms with E-state index in [1.165, 1.54) is 11.3 Å². The molecule has 0 fully saturated rings. The number of hydrogen-bond donors (Lipinski definition) is 1. The summed E-state index contributed by atoms with van der Waals surface area (Å²) < 4.78 is 6.68. The van der Waals surface area contributed by atoms with Crippen molar-refractivity contribution in [3.8, 4) is 16.3 Å². The molecule has 0 spiro atoms. The van der Waals surface area contributed by atoms with E-state index in [0.29, 0.717) is 28.0 Å². The lowest BCUT2D eigenvalue weighted by Gasteiger charge is -2.01. The van der Waals surface area contributed by atoms with E-state index >= 15 is 0 Å². The molecule has 2 aromatic heterocycles. The number of nitrogens with zero attached hydrogens (tertiary/aromatic N) is 4. The van der Waals surface area contributed by atoms with Crippen molar-refractivity contribution in [2.24, 2.45) is 0 Å². The van der Waals surface area contributed by atoms with Crippen LogP contribution in [0.3, 0.4) is 0 Å². The minimum Gasteiger partial charge on any atom is -0.507 e. The summed E-state index contributed by atoms with van der Waals surface area (Å²) in [6.07, 6.45) is 0. The summed E-state index contributed by atoms with van der Waals surface area (Å²) in [5, 5.41) is 23.1. The summed E-state index contributed by atoms with van der Waals surface area (Å²) >= 11 is 1.38. The van der Waals surface area contributed by atoms with Gasteiger partial charge in [-0.1, -0.05) is 17.4 Å². The van der Waals surface area contributed by atoms with Gasteiger partial charge in [0, 0.05) is 7.11 Å². The van der Waals surface area contributed by atoms with Gasteiger partial charge in [-0.2, -0.15) is 9.61 Å². The fraction of sp³-hybridized carbons (Fsp3) is 0.250. The monoisotopic (exact) mass is 276 g/mol. The fourth-order valence-electron chi connectivity index (χ4n) is 1.81. The van der Waals surface area contributed by atoms with Crippen LogP contribution in [-0.4, -0.2) is 32.0 Å². The Balaban J connectivity index is 2.10. The third kappa shape index (κ3) is 2.06. The smallest absolute Gasteiger partial charge is 0.235 e. The number of aryl methyl sites for hydroxylation is 1. The molecule has 98 valence electrons. The number of hydrogen-bond acceptors (Lipinski definition) is 6. The minimum atomic E-state index is 0.221. The number of fused-ring (bicyclic) bond motifs is 1. The second-order valence-electron chi connectivity index (χ2n) is 4.17. The zero-order valence-electron chi connectivity index (χ0n) is 10.5. The van der Waals surface area contributed by atoms with Crippen LogP contribution in [-0.2, 0) is 11.3 Å². The normalized spacial score (nSPS) is 11.3. The van der Waals surface area contributed by atoms with Gasteiger partial charge in [0.05, 0.1) is 5.56 Å². The zero-order valence-corrected chi connectivity index (χ0v) is 11.3. The summed E-state index contributed by atoms with van der Waals surface area (Å²) in [5.41, 5.74) is 1.70. The van der Waals surface area contributed by atoms with Crippen LogP contribution in [0, 0.1) is 6.92 Å². The second-order valence-corrected chi connectivity index (χ2v) is 5.13. The molecule has 7 heteroatoms. The van der Waals surface area contributed by atoms with E-state index in [-0.39, 0.29) is 5.75 Å². The Kier molecular flexibility index (Phi) is 2.92. The van der Waals surface area contributed by atoms with E-state index in [1.54, 1.807) is 17.7 Å². The van der Waals surface area contributed by atoms with Crippen LogP contribution in [0.4, 0.5) is 0 Å². The van der Waals surface area contributed by atoms with Gasteiger partial charge in [-0.15, -0.1) is 10.2 Å². The van der Waals surface area contributed by atoms with Gasteiger partial charge >= 0.3 is 0 Å². The Morgan fingerprint density at radius 3 is 2.95 bits per heavy atom. The van der Waals surface area contributed by atoms with Crippen LogP contribution in [0.2, 0.25) is 0 Å². The zero-order chi connectivity index (χ0) is 13.4. The first-order chi connectivity index (χ1) is 9.19. The third-order valence-electron chi connectivity index (χ3n) is 2.71. The molecule has 0 unspecified atom stereocenters. The predicted molar refractivity (Wildman–Crippen MR) is 71.2 cm³/mol. The molecule has 1 N–H and O–H groups in total. The van der Waals surface area contributed by atoms with Gasteiger partial charge in [0.1, 0.15) is 12.4 Å². The second kappa shape index (κ2) is 4.60. The Morgan fingerprint density at radius 1 is 1.37 bits per heavy atom. The van der Waals surface area contributed by atoms with Crippen molar-refractivity contribution in [1.82, 2.24) is 19.8 Å². The molecule has 1 aromatic carbocycles. The summed E-state index contributed by atoms with van der Waals surface area (Å²) in [5.74, 6) is 0.866. The summed E-state index contributed by atoms with van der Waals surface area (Å²) in [6, 6.07) is 5.51. The van der Waals surface area contributed by atoms with Crippen LogP contribution in [0.15, 0.2) is 18.2 Å². The predicted octanol–water partition coefficient (Wildman–Crippen LogP) is 2.01. The fourth-order valence-corrected chi connectivity index (χ4v) is 2.70. The molecule has 0 saturated carbocycles. The van der Waals surface area contributed by atoms with E-state index < -0.39 is 0 Å². The maximum Gasteiger partial charge on any atom is 0.235 e. The molecule has 0 aliphatic rings. The Bertz CT molecular complexity index is 734. The van der Waals surface area contributed by atoms with Gasteiger partial charge in [-0.05, 0) is 24.6 Å². The van der Waals surface area contributed by atoms with Gasteiger partial charge in [0.2, 0.25) is 4.96 Å². The first-order valence-corrected chi connectivity index (χ1v) is 6.50. The SMILES string of the molecule is COCc1nnc2sc(-c3ccc(C)cc3O)nn12. The average Bonchev–Trinajstić information content (AvgIpc) is 2.91. The molecule has 0 atom stereocenters. The van der Waals surface area contributed by atoms with Crippen molar-refractivity contribution < 1.29 is 9.84 Å². The molecule has 0 amide bonds. The topological polar surface area (TPSA) is 72.5 Å². The number of phenolic OH excluding ortho intramolecular Hbond substituents is 1. The van der Waals surface area contributed by atoms with Gasteiger partial charge in [0.25, 0.3) is 0 Å². The lowest BCUT2D eigenvalue weighted by Crippen LogP contribution is -1.97. The van der Waals surface area contributed by atoms with E-state index in [2.05, 4.69) is 15.3 Å². The number of aromatic nitrogens is 4. The van der Waals surface area contributed by atoms with Crippen molar-refractivity contribution in [1.29, 1.82) is 0 Å². The molecule has 0 radical (unpaired) electrons. The maximum absolute atomic E-state index is 9.98. The molecular formula is C12H12N4O2S. The lowest BCUT2D eigenvalue weighted by atomic mass is 10.1. The highest BCUT2D eigenvalue weighted by Crippen LogP contribution is 2.32. The minimum absolute atomic E-state index is 0.221. The Hall–Kier alpha value is -1.99. The number of ether oxygens (including phenoxy) is 1. The van der Waals surface area contributed by atoms with Crippen LogP contribution >= 0.6 is 11.3 Å². The first kappa shape index (κ1) is 12.1. The molecule has 2 heterocycles. The van der Waals surface area contributed by atoms with Crippen molar-refractivity contribution in [2.75, 3.05) is 7.11 Å². The molecule has 19 heavy (non-hydrogen) atoms. The molecular weight excluding hydrogens is 264 g/mol. The van der Waals surface area contributed by atoms with Crippen molar-refractivity contribution in [3.63, 3.8) is 0 Å². The highest BCUT2D eigenvalue weighted by molar-refractivity contribution is 7.19. The standard InChI is InChI=1S/C12H12N4O2S/c1-7-3-4-8(9(17)5-7)11-15-16-10(6-18-2)13-14-12(16)19-11/h3-5,17H,6H2,1-2H3. The number of methoxy groups -OCH3 is 1. The van der Waals surface area contributed by atoms with Gasteiger partial charge in [-0.25, -0.2) is 0 Å². The van der Waals surface area contributed by atoms with Crippen molar-refractivity contribution in [3.05, 3.63) is 29.6 Å². The molecule has 3 aromatic rings. The molecule has 0 aliphatic carbocycles. The molecule has 0 saturated heterocycles. The van der Waals surface area contributed by atoms with Crippen molar-refractivity contribution >= 4 is 16.3 Å². The van der Waals surface area contributed by atoms with Crippen molar-refractivity contribution in [2.45, 2.75) is 13.5 Å². The molecule has 0 bridgehead atoms. The molecule has 3 rings (SSSR count). The number of phenols is 1. The van der Waals surface area contributed by atoms with E-state index in [0.717, 1.165) is 5.56 Å². The lowest BCUT2D eigenvalue weighted by molar-refractivity contribution is 0.176. The highest BCUT2D eigenvalue weighted by atomic mass is 32.1. The molecule has 6 nitrogen and oxygen atoms in total. The number of rotatable bonds is 3. The van der Waals surface area contributed by atoms with Crippen LogP contribution < -0.4 is 0 Å². The maximum atomic E-state index is 9.98. The summed E-state index contributed by atoms with van der Waals surface area (Å²) in [6.45, 7) is 2.28. The molecule has 0 aliphatic heterocycles. The van der Waals surface area contributed by atoms with E-state index in [1.807, 2.05) is 19.1 Å². The van der Waals surface area contributed by atoms with Crippen LogP contribution in [0.25, 0.3) is 15.5 Å². The van der Waals surface area contributed by atoms with Gasteiger partial charge < -0.3 is 9.84 Å². The number of aromatic hydroxyl groups is 1. The van der Waals surface area contributed by atoms with E-state index in [9.17, 15) is 5.11 Å². The highest BCUT2D eigenvalue weighted by Gasteiger charge is 2.14. The Labute approximate surface area is 113 Å². The summed E-state index contributed by atoms with van der Waals surface area (Å²) in [4.78, 5) is 0.682. The Morgan fingerprint density at radius 2 is 2.21 bits per heavy atom. The average molecular weight is 276 g/mol. The van der Waals surface area contributed by atoms with Gasteiger partial charge in [0.15, 0.2) is 10.8 Å². The van der Waals surface area contributed by atoms with E-state index in [4.69, 9.17) is 4.74 Å².